The zero-order valence-electron chi connectivity index (χ0n) is 15.5. The summed E-state index contributed by atoms with van der Waals surface area (Å²) < 4.78 is 9.92. The lowest BCUT2D eigenvalue weighted by Crippen LogP contribution is -2.22. The Kier molecular flexibility index (Phi) is 7.77. The van der Waals surface area contributed by atoms with E-state index in [0.717, 1.165) is 6.26 Å². The van der Waals surface area contributed by atoms with Gasteiger partial charge in [-0.05, 0) is 62.4 Å². The van der Waals surface area contributed by atoms with E-state index < -0.39 is 11.9 Å². The molecule has 0 saturated heterocycles. The van der Waals surface area contributed by atoms with Crippen molar-refractivity contribution in [3.05, 3.63) is 76.5 Å². The Labute approximate surface area is 168 Å². The second-order valence-electron chi connectivity index (χ2n) is 5.57. The lowest BCUT2D eigenvalue weighted by Gasteiger charge is -2.09. The molecule has 0 bridgehead atoms. The Bertz CT molecular complexity index is 873. The Morgan fingerprint density at radius 3 is 2.04 bits per heavy atom. The molecule has 2 rings (SSSR count). The quantitative estimate of drug-likeness (QED) is 0.180. The van der Waals surface area contributed by atoms with E-state index in [0.29, 0.717) is 28.4 Å². The van der Waals surface area contributed by atoms with Gasteiger partial charge < -0.3 is 14.8 Å². The number of carbonyl (C=O) groups excluding carboxylic acids is 3. The fourth-order valence-electron chi connectivity index (χ4n) is 2.24. The van der Waals surface area contributed by atoms with Gasteiger partial charge in [0.05, 0.1) is 13.2 Å². The van der Waals surface area contributed by atoms with Gasteiger partial charge in [-0.25, -0.2) is 4.79 Å². The van der Waals surface area contributed by atoms with Crippen LogP contribution in [0.4, 0.5) is 5.69 Å². The zero-order valence-corrected chi connectivity index (χ0v) is 16.3. The summed E-state index contributed by atoms with van der Waals surface area (Å²) in [4.78, 5) is 36.7. The molecule has 0 atom stereocenters. The first-order chi connectivity index (χ1) is 13.5. The van der Waals surface area contributed by atoms with Crippen LogP contribution >= 0.6 is 11.6 Å². The van der Waals surface area contributed by atoms with Gasteiger partial charge in [0.25, 0.3) is 5.91 Å². The normalized spacial score (nSPS) is 10.9. The minimum absolute atomic E-state index is 0.136. The number of hydrogen-bond donors (Lipinski definition) is 1. The number of halogens is 1. The summed E-state index contributed by atoms with van der Waals surface area (Å²) in [5.74, 6) is -1.61. The van der Waals surface area contributed by atoms with Gasteiger partial charge in [0.2, 0.25) is 0 Å². The minimum Gasteiger partial charge on any atom is -0.500 e. The second-order valence-corrected chi connectivity index (χ2v) is 6.01. The number of ketones is 1. The molecule has 0 aliphatic heterocycles. The molecular weight excluding hydrogens is 382 g/mol. The third kappa shape index (κ3) is 5.69. The van der Waals surface area contributed by atoms with Crippen molar-refractivity contribution in [3.63, 3.8) is 0 Å². The number of carbonyl (C=O) groups is 3. The maximum Gasteiger partial charge on any atom is 0.346 e. The van der Waals surface area contributed by atoms with Crippen LogP contribution in [0.3, 0.4) is 0 Å². The number of ether oxygens (including phenoxy) is 2. The molecule has 0 spiro atoms. The summed E-state index contributed by atoms with van der Waals surface area (Å²) >= 11 is 5.83. The highest BCUT2D eigenvalue weighted by molar-refractivity contribution is 6.30. The fraction of sp³-hybridized carbons (Fsp3) is 0.190. The number of nitrogens with one attached hydrogen (secondary N) is 1. The summed E-state index contributed by atoms with van der Waals surface area (Å²) in [6, 6.07) is 12.9. The van der Waals surface area contributed by atoms with Crippen molar-refractivity contribution in [2.45, 2.75) is 13.8 Å². The molecule has 0 aliphatic carbocycles. The first kappa shape index (κ1) is 21.2. The highest BCUT2D eigenvalue weighted by Gasteiger charge is 2.20. The molecule has 28 heavy (non-hydrogen) atoms. The molecule has 0 aliphatic rings. The van der Waals surface area contributed by atoms with E-state index >= 15 is 0 Å². The van der Waals surface area contributed by atoms with Crippen LogP contribution in [0.15, 0.2) is 60.4 Å². The first-order valence-electron chi connectivity index (χ1n) is 8.66. The van der Waals surface area contributed by atoms with E-state index in [4.69, 9.17) is 21.1 Å². The monoisotopic (exact) mass is 401 g/mol. The van der Waals surface area contributed by atoms with Crippen molar-refractivity contribution in [1.82, 2.24) is 0 Å². The Balaban J connectivity index is 2.11. The van der Waals surface area contributed by atoms with Crippen LogP contribution in [0.2, 0.25) is 5.02 Å². The fourth-order valence-corrected chi connectivity index (χ4v) is 2.37. The predicted molar refractivity (Wildman–Crippen MR) is 106 cm³/mol. The van der Waals surface area contributed by atoms with Gasteiger partial charge >= 0.3 is 5.97 Å². The Morgan fingerprint density at radius 2 is 1.50 bits per heavy atom. The molecule has 7 heteroatoms. The van der Waals surface area contributed by atoms with Crippen LogP contribution < -0.4 is 5.32 Å². The Hall–Kier alpha value is -3.12. The number of rotatable bonds is 8. The van der Waals surface area contributed by atoms with Gasteiger partial charge in [-0.2, -0.15) is 0 Å². The Morgan fingerprint density at radius 1 is 0.929 bits per heavy atom. The summed E-state index contributed by atoms with van der Waals surface area (Å²) in [7, 11) is 0. The van der Waals surface area contributed by atoms with Crippen LogP contribution in [0.25, 0.3) is 0 Å². The third-order valence-electron chi connectivity index (χ3n) is 3.62. The maximum absolute atomic E-state index is 12.5. The van der Waals surface area contributed by atoms with E-state index in [1.807, 2.05) is 0 Å². The molecule has 146 valence electrons. The average Bonchev–Trinajstić information content (AvgIpc) is 2.69. The van der Waals surface area contributed by atoms with Crippen LogP contribution in [0.5, 0.6) is 0 Å². The van der Waals surface area contributed by atoms with Gasteiger partial charge in [-0.3, -0.25) is 9.59 Å². The molecule has 0 unspecified atom stereocenters. The van der Waals surface area contributed by atoms with Gasteiger partial charge in [0.15, 0.2) is 11.4 Å². The number of hydrogen-bond acceptors (Lipinski definition) is 5. The minimum atomic E-state index is -0.775. The van der Waals surface area contributed by atoms with Crippen LogP contribution in [-0.2, 0) is 19.1 Å². The van der Waals surface area contributed by atoms with Crippen molar-refractivity contribution in [2.75, 3.05) is 18.5 Å². The number of anilines is 1. The van der Waals surface area contributed by atoms with E-state index in [1.165, 1.54) is 0 Å². The maximum atomic E-state index is 12.5. The van der Waals surface area contributed by atoms with E-state index in [1.54, 1.807) is 62.4 Å². The molecule has 2 aromatic carbocycles. The molecule has 1 N–H and O–H groups in total. The van der Waals surface area contributed by atoms with E-state index in [-0.39, 0.29) is 18.0 Å². The second kappa shape index (κ2) is 10.3. The SMILES string of the molecule is CCO/C=C(/C(=O)Nc1ccc(C(=O)c2ccc(Cl)cc2)cc1)C(=O)OCC. The molecular formula is C21H20ClNO5. The topological polar surface area (TPSA) is 81.7 Å². The van der Waals surface area contributed by atoms with Crippen molar-refractivity contribution in [3.8, 4) is 0 Å². The summed E-state index contributed by atoms with van der Waals surface area (Å²) in [6.07, 6.45) is 1.08. The van der Waals surface area contributed by atoms with Crippen LogP contribution in [0, 0.1) is 0 Å². The van der Waals surface area contributed by atoms with Crippen molar-refractivity contribution >= 4 is 34.9 Å². The van der Waals surface area contributed by atoms with Gasteiger partial charge in [0, 0.05) is 21.8 Å². The lowest BCUT2D eigenvalue weighted by molar-refractivity contribution is -0.139. The summed E-state index contributed by atoms with van der Waals surface area (Å²) in [6.45, 7) is 3.81. The lowest BCUT2D eigenvalue weighted by atomic mass is 10.0. The van der Waals surface area contributed by atoms with Gasteiger partial charge in [-0.15, -0.1) is 0 Å². The van der Waals surface area contributed by atoms with E-state index in [2.05, 4.69) is 5.32 Å². The molecule has 0 heterocycles. The zero-order chi connectivity index (χ0) is 20.5. The van der Waals surface area contributed by atoms with Crippen LogP contribution in [-0.4, -0.2) is 30.9 Å². The highest BCUT2D eigenvalue weighted by atomic mass is 35.5. The van der Waals surface area contributed by atoms with Crippen molar-refractivity contribution < 1.29 is 23.9 Å². The molecule has 2 aromatic rings. The highest BCUT2D eigenvalue weighted by Crippen LogP contribution is 2.17. The molecule has 0 radical (unpaired) electrons. The number of esters is 1. The first-order valence-corrected chi connectivity index (χ1v) is 9.04. The van der Waals surface area contributed by atoms with Crippen molar-refractivity contribution in [1.29, 1.82) is 0 Å². The predicted octanol–water partition coefficient (Wildman–Crippen LogP) is 3.99. The third-order valence-corrected chi connectivity index (χ3v) is 3.87. The average molecular weight is 402 g/mol. The largest absolute Gasteiger partial charge is 0.500 e. The summed E-state index contributed by atoms with van der Waals surface area (Å²) in [5.41, 5.74) is 1.13. The summed E-state index contributed by atoms with van der Waals surface area (Å²) in [5, 5.41) is 3.14. The molecule has 0 saturated carbocycles. The van der Waals surface area contributed by atoms with Gasteiger partial charge in [-0.1, -0.05) is 11.6 Å². The molecule has 0 fully saturated rings. The van der Waals surface area contributed by atoms with Gasteiger partial charge in [0.1, 0.15) is 6.26 Å². The molecule has 6 nitrogen and oxygen atoms in total. The van der Waals surface area contributed by atoms with E-state index in [9.17, 15) is 14.4 Å². The number of amides is 1. The smallest absolute Gasteiger partial charge is 0.346 e. The number of benzene rings is 2. The molecule has 1 amide bonds. The van der Waals surface area contributed by atoms with Crippen molar-refractivity contribution in [2.24, 2.45) is 0 Å². The standard InChI is InChI=1S/C21H20ClNO5/c1-3-27-13-18(21(26)28-4-2)20(25)23-17-11-7-15(8-12-17)19(24)14-5-9-16(22)10-6-14/h5-13H,3-4H2,1-2H3,(H,23,25)/b18-13-. The molecule has 0 aromatic heterocycles. The van der Waals surface area contributed by atoms with Crippen LogP contribution in [0.1, 0.15) is 29.8 Å².